The number of nitrogens with zero attached hydrogens (tertiary/aromatic N) is 1. The first-order valence-corrected chi connectivity index (χ1v) is 18.2. The predicted octanol–water partition coefficient (Wildman–Crippen LogP) is 9.09. The Morgan fingerprint density at radius 2 is 1.66 bits per heavy atom. The average Bonchev–Trinajstić information content (AvgIpc) is 3.32. The third kappa shape index (κ3) is 4.48. The van der Waals surface area contributed by atoms with Gasteiger partial charge in [-0.3, -0.25) is 19.4 Å². The van der Waals surface area contributed by atoms with Gasteiger partial charge in [-0.15, -0.1) is 0 Å². The first-order valence-electron chi connectivity index (χ1n) is 18.2. The van der Waals surface area contributed by atoms with Crippen molar-refractivity contribution in [1.29, 1.82) is 0 Å². The molecule has 8 atom stereocenters. The summed E-state index contributed by atoms with van der Waals surface area (Å²) in [7, 11) is 0. The number of allylic oxidation sites excluding steroid dienone is 1. The second kappa shape index (κ2) is 10.7. The number of fused-ring (bicyclic) bond motifs is 8. The zero-order valence-electron chi connectivity index (χ0n) is 29.8. The Morgan fingerprint density at radius 1 is 0.915 bits per heavy atom. The molecule has 4 fully saturated rings. The minimum Gasteiger partial charge on any atom is -0.462 e. The molecule has 6 heteroatoms. The molecule has 4 saturated carbocycles. The van der Waals surface area contributed by atoms with Crippen LogP contribution in [0.1, 0.15) is 113 Å². The van der Waals surface area contributed by atoms with E-state index in [2.05, 4.69) is 58.8 Å². The van der Waals surface area contributed by atoms with Crippen molar-refractivity contribution in [3.05, 3.63) is 47.7 Å². The van der Waals surface area contributed by atoms with Crippen molar-refractivity contribution in [3.63, 3.8) is 0 Å². The number of anilines is 1. The molecule has 1 aromatic carbocycles. The number of pyridine rings is 1. The van der Waals surface area contributed by atoms with Crippen molar-refractivity contribution >= 4 is 34.3 Å². The highest BCUT2D eigenvalue weighted by molar-refractivity contribution is 6.10. The number of hydrogen-bond donors (Lipinski definition) is 1. The van der Waals surface area contributed by atoms with Gasteiger partial charge in [0.2, 0.25) is 5.91 Å². The number of para-hydroxylation sites is 1. The molecular weight excluding hydrogens is 584 g/mol. The maximum absolute atomic E-state index is 14.6. The molecule has 0 aliphatic heterocycles. The maximum atomic E-state index is 14.6. The Kier molecular flexibility index (Phi) is 7.43. The molecule has 0 saturated heterocycles. The van der Waals surface area contributed by atoms with Crippen LogP contribution in [0.3, 0.4) is 0 Å². The summed E-state index contributed by atoms with van der Waals surface area (Å²) in [5, 5.41) is 4.25. The van der Waals surface area contributed by atoms with Gasteiger partial charge in [-0.25, -0.2) is 0 Å². The SMILES string of the molecule is CC(=O)O[C@H]1CC[C@]2(C)[C@H]3CC[C@@H]4C5=C(C(C)C)C(=O)C[C@]5(C(=O)Nc5cnc6ccccc6c5)CC[C@@]4(C)[C@]3(C)CC[C@H]2C1(C)C. The van der Waals surface area contributed by atoms with E-state index in [9.17, 15) is 14.4 Å². The lowest BCUT2D eigenvalue weighted by atomic mass is 9.33. The van der Waals surface area contributed by atoms with E-state index in [1.54, 1.807) is 13.1 Å². The molecule has 5 aliphatic rings. The number of hydrogen-bond acceptors (Lipinski definition) is 5. The van der Waals surface area contributed by atoms with Crippen molar-refractivity contribution in [2.45, 2.75) is 119 Å². The van der Waals surface area contributed by atoms with E-state index < -0.39 is 5.41 Å². The van der Waals surface area contributed by atoms with Crippen LogP contribution in [-0.2, 0) is 19.1 Å². The van der Waals surface area contributed by atoms with Gasteiger partial charge < -0.3 is 10.1 Å². The Morgan fingerprint density at radius 3 is 2.38 bits per heavy atom. The van der Waals surface area contributed by atoms with Crippen LogP contribution in [0.25, 0.3) is 10.9 Å². The van der Waals surface area contributed by atoms with Gasteiger partial charge in [0, 0.05) is 24.1 Å². The second-order valence-electron chi connectivity index (χ2n) is 17.6. The molecule has 6 nitrogen and oxygen atoms in total. The standard InChI is InChI=1S/C41H54N2O4/c1-24(2)34-30(45)22-41(36(46)43-27-21-26-11-9-10-12-29(26)42-23-27)20-19-39(7)28(35(34)41)13-14-32-38(6)17-16-33(47-25(3)44)37(4,5)31(38)15-18-40(32,39)8/h9-12,21,23-24,28,31-33H,13-20,22H2,1-8H3,(H,43,46)/t28-,31+,32-,33+,38+,39-,40-,41-/m1/s1. The molecule has 7 rings (SSSR count). The molecule has 47 heavy (non-hydrogen) atoms. The van der Waals surface area contributed by atoms with Crippen LogP contribution in [0.5, 0.6) is 0 Å². The van der Waals surface area contributed by atoms with Crippen LogP contribution in [-0.4, -0.2) is 28.7 Å². The normalized spacial score (nSPS) is 39.1. The predicted molar refractivity (Wildman–Crippen MR) is 185 cm³/mol. The van der Waals surface area contributed by atoms with E-state index in [4.69, 9.17) is 4.74 Å². The van der Waals surface area contributed by atoms with Crippen LogP contribution < -0.4 is 5.32 Å². The summed E-state index contributed by atoms with van der Waals surface area (Å²) in [5.74, 6) is 1.25. The van der Waals surface area contributed by atoms with Crippen LogP contribution in [0.2, 0.25) is 0 Å². The van der Waals surface area contributed by atoms with Gasteiger partial charge in [0.15, 0.2) is 5.78 Å². The van der Waals surface area contributed by atoms with Crippen LogP contribution >= 0.6 is 0 Å². The number of nitrogens with one attached hydrogen (secondary N) is 1. The number of carbonyl (C=O) groups excluding carboxylic acids is 3. The average molecular weight is 639 g/mol. The molecule has 5 aliphatic carbocycles. The minimum atomic E-state index is -0.805. The number of ether oxygens (including phenoxy) is 1. The Bertz CT molecular complexity index is 1690. The van der Waals surface area contributed by atoms with Crippen molar-refractivity contribution in [2.24, 2.45) is 50.7 Å². The Hall–Kier alpha value is -3.02. The Balaban J connectivity index is 1.25. The van der Waals surface area contributed by atoms with Gasteiger partial charge in [-0.1, -0.05) is 66.7 Å². The topological polar surface area (TPSA) is 85.4 Å². The van der Waals surface area contributed by atoms with Crippen molar-refractivity contribution in [1.82, 2.24) is 4.98 Å². The molecule has 0 radical (unpaired) electrons. The van der Waals surface area contributed by atoms with E-state index in [1.165, 1.54) is 5.57 Å². The summed E-state index contributed by atoms with van der Waals surface area (Å²) in [4.78, 5) is 45.3. The summed E-state index contributed by atoms with van der Waals surface area (Å²) < 4.78 is 5.94. The maximum Gasteiger partial charge on any atom is 0.302 e. The molecule has 1 N–H and O–H groups in total. The lowest BCUT2D eigenvalue weighted by molar-refractivity contribution is -0.232. The molecule has 252 valence electrons. The zero-order chi connectivity index (χ0) is 33.7. The van der Waals surface area contributed by atoms with Gasteiger partial charge in [0.05, 0.1) is 22.8 Å². The highest BCUT2D eigenvalue weighted by Crippen LogP contribution is 2.76. The summed E-state index contributed by atoms with van der Waals surface area (Å²) in [6, 6.07) is 9.94. The summed E-state index contributed by atoms with van der Waals surface area (Å²) >= 11 is 0. The largest absolute Gasteiger partial charge is 0.462 e. The summed E-state index contributed by atoms with van der Waals surface area (Å²) in [5.41, 5.74) is 3.01. The lowest BCUT2D eigenvalue weighted by Crippen LogP contribution is -2.66. The molecule has 1 amide bonds. The van der Waals surface area contributed by atoms with E-state index in [-0.39, 0.29) is 63.7 Å². The van der Waals surface area contributed by atoms with Gasteiger partial charge in [-0.2, -0.15) is 0 Å². The molecule has 2 aromatic rings. The number of benzene rings is 1. The second-order valence-corrected chi connectivity index (χ2v) is 17.6. The Labute approximate surface area is 280 Å². The summed E-state index contributed by atoms with van der Waals surface area (Å²) in [6.07, 6.45) is 9.98. The van der Waals surface area contributed by atoms with Crippen molar-refractivity contribution in [3.8, 4) is 0 Å². The fourth-order valence-electron chi connectivity index (χ4n) is 12.7. The van der Waals surface area contributed by atoms with Gasteiger partial charge in [0.1, 0.15) is 6.10 Å². The fraction of sp³-hybridized carbons (Fsp3) is 0.659. The first-order chi connectivity index (χ1) is 22.1. The van der Waals surface area contributed by atoms with Gasteiger partial charge >= 0.3 is 5.97 Å². The quantitative estimate of drug-likeness (QED) is 0.338. The fourth-order valence-corrected chi connectivity index (χ4v) is 12.7. The van der Waals surface area contributed by atoms with E-state index in [0.717, 1.165) is 61.4 Å². The van der Waals surface area contributed by atoms with Crippen LogP contribution in [0.4, 0.5) is 5.69 Å². The summed E-state index contributed by atoms with van der Waals surface area (Å²) in [6.45, 7) is 18.1. The third-order valence-corrected chi connectivity index (χ3v) is 15.0. The molecule has 0 spiro atoms. The molecule has 1 heterocycles. The van der Waals surface area contributed by atoms with E-state index in [0.29, 0.717) is 23.9 Å². The third-order valence-electron chi connectivity index (χ3n) is 15.0. The van der Waals surface area contributed by atoms with Crippen molar-refractivity contribution < 1.29 is 19.1 Å². The zero-order valence-corrected chi connectivity index (χ0v) is 29.8. The van der Waals surface area contributed by atoms with E-state index in [1.807, 2.05) is 30.3 Å². The number of amides is 1. The highest BCUT2D eigenvalue weighted by Gasteiger charge is 2.71. The highest BCUT2D eigenvalue weighted by atomic mass is 16.5. The minimum absolute atomic E-state index is 0.0187. The van der Waals surface area contributed by atoms with Crippen LogP contribution in [0.15, 0.2) is 47.7 Å². The lowest BCUT2D eigenvalue weighted by Gasteiger charge is -2.72. The number of rotatable bonds is 4. The number of aromatic nitrogens is 1. The smallest absolute Gasteiger partial charge is 0.302 e. The van der Waals surface area contributed by atoms with E-state index >= 15 is 0 Å². The van der Waals surface area contributed by atoms with Crippen LogP contribution in [0, 0.1) is 50.7 Å². The number of Topliss-reactive ketones (excluding diaryl/α,β-unsaturated/α-hetero) is 1. The van der Waals surface area contributed by atoms with Gasteiger partial charge in [-0.05, 0) is 115 Å². The molecular formula is C41H54N2O4. The number of esters is 1. The number of ketones is 1. The molecule has 0 bridgehead atoms. The van der Waals surface area contributed by atoms with Gasteiger partial charge in [0.25, 0.3) is 0 Å². The molecule has 1 aromatic heterocycles. The van der Waals surface area contributed by atoms with Crippen molar-refractivity contribution in [2.75, 3.05) is 5.32 Å². The number of carbonyl (C=O) groups is 3. The first kappa shape index (κ1) is 32.5. The molecule has 0 unspecified atom stereocenters. The monoisotopic (exact) mass is 638 g/mol.